The minimum absolute atomic E-state index is 0.222. The average molecular weight is 280 g/mol. The van der Waals surface area contributed by atoms with Crippen molar-refractivity contribution in [3.05, 3.63) is 36.0 Å². The summed E-state index contributed by atoms with van der Waals surface area (Å²) in [5.74, 6) is 0. The lowest BCUT2D eigenvalue weighted by atomic mass is 10.1. The van der Waals surface area contributed by atoms with Crippen LogP contribution in [0.4, 0.5) is 0 Å². The molecule has 0 saturated carbocycles. The fraction of sp³-hybridized carbons (Fsp3) is 0.467. The summed E-state index contributed by atoms with van der Waals surface area (Å²) < 4.78 is 12.6. The number of benzene rings is 1. The van der Waals surface area contributed by atoms with E-state index in [1.165, 1.54) is 16.5 Å². The fourth-order valence-electron chi connectivity index (χ4n) is 2.23. The van der Waals surface area contributed by atoms with Crippen LogP contribution in [-0.4, -0.2) is 37.0 Å². The number of nitrogens with zero attached hydrogens (tertiary/aromatic N) is 1. The van der Waals surface area contributed by atoms with E-state index in [9.17, 15) is 0 Å². The van der Waals surface area contributed by atoms with Gasteiger partial charge in [0.25, 0.3) is 0 Å². The maximum Gasteiger partial charge on any atom is 0.146 e. The third-order valence-corrected chi connectivity index (χ3v) is 4.18. The Kier molecular flexibility index (Phi) is 5.31. The van der Waals surface area contributed by atoms with E-state index in [4.69, 9.17) is 9.47 Å². The van der Waals surface area contributed by atoms with Gasteiger partial charge in [0.15, 0.2) is 0 Å². The van der Waals surface area contributed by atoms with Gasteiger partial charge in [-0.05, 0) is 24.5 Å². The zero-order chi connectivity index (χ0) is 13.7. The van der Waals surface area contributed by atoms with Crippen molar-refractivity contribution in [2.24, 2.45) is 0 Å². The molecule has 4 heteroatoms. The lowest BCUT2D eigenvalue weighted by Gasteiger charge is -2.01. The molecule has 0 aliphatic rings. The molecule has 19 heavy (non-hydrogen) atoms. The summed E-state index contributed by atoms with van der Waals surface area (Å²) in [6, 6.07) is 8.63. The van der Waals surface area contributed by atoms with E-state index in [-0.39, 0.29) is 11.1 Å². The first-order valence-corrected chi connectivity index (χ1v) is 8.47. The molecule has 0 amide bonds. The predicted octanol–water partition coefficient (Wildman–Crippen LogP) is 2.84. The van der Waals surface area contributed by atoms with Crippen LogP contribution in [-0.2, 0) is 27.0 Å². The minimum atomic E-state index is 0.222. The second kappa shape index (κ2) is 6.98. The molecule has 104 valence electrons. The summed E-state index contributed by atoms with van der Waals surface area (Å²) >= 11 is 0.222. The van der Waals surface area contributed by atoms with Gasteiger partial charge in [-0.1, -0.05) is 18.2 Å². The van der Waals surface area contributed by atoms with E-state index < -0.39 is 0 Å². The van der Waals surface area contributed by atoms with E-state index in [1.54, 1.807) is 7.11 Å². The van der Waals surface area contributed by atoms with Crippen molar-refractivity contribution in [1.82, 2.24) is 3.97 Å². The van der Waals surface area contributed by atoms with Crippen LogP contribution in [0.1, 0.15) is 12.0 Å². The highest BCUT2D eigenvalue weighted by molar-refractivity contribution is 7.94. The largest absolute Gasteiger partial charge is 0.359 e. The van der Waals surface area contributed by atoms with Crippen molar-refractivity contribution < 1.29 is 9.47 Å². The zero-order valence-corrected chi connectivity index (χ0v) is 12.7. The molecule has 1 heterocycles. The molecule has 0 aliphatic heterocycles. The Balaban J connectivity index is 2.10. The normalized spacial score (nSPS) is 11.6. The molecule has 2 rings (SSSR count). The summed E-state index contributed by atoms with van der Waals surface area (Å²) in [7, 11) is 1.65. The Hall–Kier alpha value is -0.970. The van der Waals surface area contributed by atoms with Crippen LogP contribution in [0.5, 0.6) is 0 Å². The van der Waals surface area contributed by atoms with E-state index in [0.29, 0.717) is 6.79 Å². The first-order chi connectivity index (χ1) is 9.24. The Bertz CT molecular complexity index is 522. The summed E-state index contributed by atoms with van der Waals surface area (Å²) in [6.45, 7) is 1.13. The Labute approximate surface area is 118 Å². The molecule has 0 radical (unpaired) electrons. The molecule has 0 N–H and O–H groups in total. The smallest absolute Gasteiger partial charge is 0.146 e. The molecule has 0 aliphatic carbocycles. The molecule has 1 aromatic heterocycles. The van der Waals surface area contributed by atoms with Crippen molar-refractivity contribution in [3.63, 3.8) is 0 Å². The van der Waals surface area contributed by atoms with Gasteiger partial charge in [0.1, 0.15) is 19.3 Å². The minimum Gasteiger partial charge on any atom is -0.359 e. The van der Waals surface area contributed by atoms with Gasteiger partial charge < -0.3 is 9.47 Å². The highest BCUT2D eigenvalue weighted by Gasteiger charge is 2.14. The quantitative estimate of drug-likeness (QED) is 0.442. The summed E-state index contributed by atoms with van der Waals surface area (Å²) in [5, 5.41) is 1.37. The maximum absolute atomic E-state index is 5.34. The number of aromatic nitrogens is 1. The molecule has 0 atom stereocenters. The number of hydrogen-bond acceptors (Lipinski definition) is 2. The monoisotopic (exact) mass is 280 g/mol. The van der Waals surface area contributed by atoms with Crippen molar-refractivity contribution in [2.75, 3.05) is 33.0 Å². The second-order valence-electron chi connectivity index (χ2n) is 4.69. The van der Waals surface area contributed by atoms with Gasteiger partial charge in [0.2, 0.25) is 0 Å². The SMILES string of the molecule is COCOCCCc1cn([S+](C)C)c2ccccc12. The van der Waals surface area contributed by atoms with Crippen LogP contribution in [0.25, 0.3) is 10.9 Å². The van der Waals surface area contributed by atoms with Gasteiger partial charge >= 0.3 is 0 Å². The predicted molar refractivity (Wildman–Crippen MR) is 82.7 cm³/mol. The highest BCUT2D eigenvalue weighted by Crippen LogP contribution is 2.23. The highest BCUT2D eigenvalue weighted by atomic mass is 32.2. The van der Waals surface area contributed by atoms with Gasteiger partial charge in [-0.3, -0.25) is 0 Å². The first-order valence-electron chi connectivity index (χ1n) is 6.47. The fourth-order valence-corrected chi connectivity index (χ4v) is 3.12. The molecule has 0 bridgehead atoms. The van der Waals surface area contributed by atoms with Crippen LogP contribution in [0, 0.1) is 0 Å². The van der Waals surface area contributed by atoms with E-state index in [1.807, 2.05) is 0 Å². The zero-order valence-electron chi connectivity index (χ0n) is 11.9. The van der Waals surface area contributed by atoms with Crippen LogP contribution < -0.4 is 0 Å². The van der Waals surface area contributed by atoms with Crippen molar-refractivity contribution >= 4 is 22.0 Å². The summed E-state index contributed by atoms with van der Waals surface area (Å²) in [6.07, 6.45) is 8.87. The van der Waals surface area contributed by atoms with Crippen LogP contribution >= 0.6 is 0 Å². The molecule has 3 nitrogen and oxygen atoms in total. The van der Waals surface area contributed by atoms with Crippen LogP contribution in [0.15, 0.2) is 30.5 Å². The van der Waals surface area contributed by atoms with E-state index in [0.717, 1.165) is 19.4 Å². The molecule has 0 saturated heterocycles. The molecule has 1 aromatic carbocycles. The number of fused-ring (bicyclic) bond motifs is 1. The third-order valence-electron chi connectivity index (χ3n) is 3.09. The average Bonchev–Trinajstić information content (AvgIpc) is 2.78. The molecule has 0 unspecified atom stereocenters. The van der Waals surface area contributed by atoms with Gasteiger partial charge in [0.05, 0.1) is 22.8 Å². The number of rotatable bonds is 7. The molecular formula is C15H22NO2S+. The van der Waals surface area contributed by atoms with Gasteiger partial charge in [0, 0.05) is 19.1 Å². The number of methoxy groups -OCH3 is 1. The Morgan fingerprint density at radius 3 is 2.74 bits per heavy atom. The Morgan fingerprint density at radius 1 is 1.21 bits per heavy atom. The number of aryl methyl sites for hydroxylation is 1. The number of ether oxygens (including phenoxy) is 2. The molecular weight excluding hydrogens is 258 g/mol. The van der Waals surface area contributed by atoms with Gasteiger partial charge in [-0.2, -0.15) is 3.97 Å². The van der Waals surface area contributed by atoms with Gasteiger partial charge in [-0.25, -0.2) is 0 Å². The van der Waals surface area contributed by atoms with Crippen molar-refractivity contribution in [3.8, 4) is 0 Å². The lowest BCUT2D eigenvalue weighted by molar-refractivity contribution is -0.0309. The standard InChI is InChI=1S/C15H22NO2S/c1-17-12-18-10-6-7-13-11-16(19(2)3)15-9-5-4-8-14(13)15/h4-5,8-9,11H,6-7,10,12H2,1-3H3/q+1. The lowest BCUT2D eigenvalue weighted by Crippen LogP contribution is -2.06. The topological polar surface area (TPSA) is 23.4 Å². The maximum atomic E-state index is 5.34. The number of hydrogen-bond donors (Lipinski definition) is 0. The summed E-state index contributed by atoms with van der Waals surface area (Å²) in [4.78, 5) is 0. The summed E-state index contributed by atoms with van der Waals surface area (Å²) in [5.41, 5.74) is 2.75. The van der Waals surface area contributed by atoms with Crippen LogP contribution in [0.2, 0.25) is 0 Å². The number of para-hydroxylation sites is 1. The molecule has 0 spiro atoms. The molecule has 0 fully saturated rings. The van der Waals surface area contributed by atoms with Gasteiger partial charge in [-0.15, -0.1) is 0 Å². The third kappa shape index (κ3) is 3.53. The first kappa shape index (κ1) is 14.4. The molecule has 2 aromatic rings. The second-order valence-corrected chi connectivity index (χ2v) is 6.63. The van der Waals surface area contributed by atoms with E-state index >= 15 is 0 Å². The van der Waals surface area contributed by atoms with Crippen molar-refractivity contribution in [2.45, 2.75) is 12.8 Å². The van der Waals surface area contributed by atoms with E-state index in [2.05, 4.69) is 46.9 Å². The van der Waals surface area contributed by atoms with Crippen LogP contribution in [0.3, 0.4) is 0 Å². The Morgan fingerprint density at radius 2 is 2.00 bits per heavy atom. The van der Waals surface area contributed by atoms with Crippen molar-refractivity contribution in [1.29, 1.82) is 0 Å².